The van der Waals surface area contributed by atoms with Crippen molar-refractivity contribution < 1.29 is 14.3 Å². The Morgan fingerprint density at radius 3 is 3.05 bits per heavy atom. The van der Waals surface area contributed by atoms with Gasteiger partial charge >= 0.3 is 5.97 Å². The first-order valence-electron chi connectivity index (χ1n) is 6.17. The molecule has 1 aromatic carbocycles. The topological polar surface area (TPSA) is 84.2 Å². The molecule has 0 radical (unpaired) electrons. The predicted molar refractivity (Wildman–Crippen MR) is 80.1 cm³/mol. The number of para-hydroxylation sites is 1. The van der Waals surface area contributed by atoms with Crippen LogP contribution in [0.1, 0.15) is 6.92 Å². The Morgan fingerprint density at radius 2 is 2.38 bits per heavy atom. The Balaban J connectivity index is 2.24. The molecular weight excluding hydrogens is 290 g/mol. The third-order valence-electron chi connectivity index (χ3n) is 2.56. The fourth-order valence-corrected chi connectivity index (χ4v) is 2.48. The number of nitriles is 1. The second-order valence-electron chi connectivity index (χ2n) is 3.86. The van der Waals surface area contributed by atoms with Crippen LogP contribution in [0.5, 0.6) is 5.75 Å². The minimum absolute atomic E-state index is 0.108. The number of aromatic nitrogens is 1. The minimum atomic E-state index is -0.661. The molecule has 7 heteroatoms. The number of hydrogen-bond acceptors (Lipinski definition) is 7. The van der Waals surface area contributed by atoms with Crippen molar-refractivity contribution in [2.75, 3.05) is 19.0 Å². The molecule has 1 N–H and O–H groups in total. The van der Waals surface area contributed by atoms with Gasteiger partial charge in [-0.3, -0.25) is 0 Å². The molecule has 1 heterocycles. The van der Waals surface area contributed by atoms with Crippen molar-refractivity contribution in [1.29, 1.82) is 5.26 Å². The second-order valence-corrected chi connectivity index (χ2v) is 4.89. The summed E-state index contributed by atoms with van der Waals surface area (Å²) in [5.41, 5.74) is 0.624. The van der Waals surface area contributed by atoms with Crippen molar-refractivity contribution in [3.8, 4) is 11.8 Å². The Bertz CT molecular complexity index is 731. The van der Waals surface area contributed by atoms with Gasteiger partial charge in [0.2, 0.25) is 0 Å². The van der Waals surface area contributed by atoms with Gasteiger partial charge in [-0.1, -0.05) is 17.4 Å². The fourth-order valence-electron chi connectivity index (χ4n) is 1.63. The number of nitrogens with zero attached hydrogens (tertiary/aromatic N) is 2. The normalized spacial score (nSPS) is 11.0. The van der Waals surface area contributed by atoms with Gasteiger partial charge in [-0.05, 0) is 19.1 Å². The van der Waals surface area contributed by atoms with E-state index in [-0.39, 0.29) is 12.2 Å². The molecule has 0 amide bonds. The molecule has 0 atom stereocenters. The summed E-state index contributed by atoms with van der Waals surface area (Å²) < 4.78 is 10.9. The van der Waals surface area contributed by atoms with E-state index < -0.39 is 5.97 Å². The van der Waals surface area contributed by atoms with E-state index >= 15 is 0 Å². The SMILES string of the molecule is CCOC(=O)C(C#N)=CNc1nc2c(OC)cccc2s1. The average Bonchev–Trinajstić information content (AvgIpc) is 2.90. The van der Waals surface area contributed by atoms with Crippen LogP contribution in [-0.4, -0.2) is 24.7 Å². The molecule has 0 aliphatic heterocycles. The van der Waals surface area contributed by atoms with Crippen molar-refractivity contribution in [2.24, 2.45) is 0 Å². The molecule has 0 unspecified atom stereocenters. The fraction of sp³-hybridized carbons (Fsp3) is 0.214. The summed E-state index contributed by atoms with van der Waals surface area (Å²) in [6.45, 7) is 1.90. The lowest BCUT2D eigenvalue weighted by Gasteiger charge is -1.99. The van der Waals surface area contributed by atoms with Crippen LogP contribution in [0, 0.1) is 11.3 Å². The summed E-state index contributed by atoms with van der Waals surface area (Å²) in [7, 11) is 1.58. The van der Waals surface area contributed by atoms with E-state index in [4.69, 9.17) is 14.7 Å². The summed E-state index contributed by atoms with van der Waals surface area (Å²) in [5, 5.41) is 12.3. The largest absolute Gasteiger partial charge is 0.494 e. The number of fused-ring (bicyclic) bond motifs is 1. The Morgan fingerprint density at radius 1 is 1.57 bits per heavy atom. The zero-order valence-corrected chi connectivity index (χ0v) is 12.4. The van der Waals surface area contributed by atoms with Crippen molar-refractivity contribution in [3.63, 3.8) is 0 Å². The lowest BCUT2D eigenvalue weighted by molar-refractivity contribution is -0.138. The molecule has 21 heavy (non-hydrogen) atoms. The molecule has 2 aromatic rings. The molecule has 6 nitrogen and oxygen atoms in total. The van der Waals surface area contributed by atoms with Crippen molar-refractivity contribution in [3.05, 3.63) is 30.0 Å². The van der Waals surface area contributed by atoms with E-state index in [1.807, 2.05) is 18.2 Å². The monoisotopic (exact) mass is 303 g/mol. The zero-order valence-electron chi connectivity index (χ0n) is 11.5. The van der Waals surface area contributed by atoms with E-state index in [2.05, 4.69) is 10.3 Å². The van der Waals surface area contributed by atoms with Gasteiger partial charge in [-0.25, -0.2) is 9.78 Å². The molecule has 0 aliphatic carbocycles. The van der Waals surface area contributed by atoms with Crippen LogP contribution in [0.15, 0.2) is 30.0 Å². The molecule has 0 aliphatic rings. The molecule has 1 aromatic heterocycles. The maximum absolute atomic E-state index is 11.5. The van der Waals surface area contributed by atoms with Gasteiger partial charge in [0.1, 0.15) is 17.3 Å². The highest BCUT2D eigenvalue weighted by molar-refractivity contribution is 7.22. The molecular formula is C14H13N3O3S. The molecule has 0 bridgehead atoms. The number of ether oxygens (including phenoxy) is 2. The highest BCUT2D eigenvalue weighted by Gasteiger charge is 2.11. The van der Waals surface area contributed by atoms with Gasteiger partial charge in [0.15, 0.2) is 10.7 Å². The van der Waals surface area contributed by atoms with Gasteiger partial charge < -0.3 is 14.8 Å². The summed E-state index contributed by atoms with van der Waals surface area (Å²) in [5.74, 6) is 0.0119. The number of anilines is 1. The molecule has 0 fully saturated rings. The number of nitrogens with one attached hydrogen (secondary N) is 1. The number of benzene rings is 1. The smallest absolute Gasteiger partial charge is 0.350 e. The van der Waals surface area contributed by atoms with E-state index in [1.54, 1.807) is 20.1 Å². The van der Waals surface area contributed by atoms with Crippen molar-refractivity contribution >= 4 is 32.7 Å². The van der Waals surface area contributed by atoms with Crippen LogP contribution in [0.3, 0.4) is 0 Å². The van der Waals surface area contributed by atoms with Crippen molar-refractivity contribution in [2.45, 2.75) is 6.92 Å². The summed E-state index contributed by atoms with van der Waals surface area (Å²) >= 11 is 1.40. The first-order valence-corrected chi connectivity index (χ1v) is 6.98. The number of methoxy groups -OCH3 is 1. The standard InChI is InChI=1S/C14H13N3O3S/c1-3-20-13(18)9(7-15)8-16-14-17-12-10(19-2)5-4-6-11(12)21-14/h4-6,8H,3H2,1-2H3,(H,16,17). The zero-order chi connectivity index (χ0) is 15.2. The number of carbonyl (C=O) groups is 1. The van der Waals surface area contributed by atoms with E-state index in [1.165, 1.54) is 17.5 Å². The number of rotatable bonds is 5. The van der Waals surface area contributed by atoms with E-state index in [0.29, 0.717) is 10.9 Å². The maximum atomic E-state index is 11.5. The van der Waals surface area contributed by atoms with E-state index in [0.717, 1.165) is 10.2 Å². The molecule has 108 valence electrons. The molecule has 0 spiro atoms. The third kappa shape index (κ3) is 3.30. The maximum Gasteiger partial charge on any atom is 0.350 e. The van der Waals surface area contributed by atoms with Crippen LogP contribution >= 0.6 is 11.3 Å². The van der Waals surface area contributed by atoms with Crippen LogP contribution in [0.4, 0.5) is 5.13 Å². The Labute approximate surface area is 125 Å². The van der Waals surface area contributed by atoms with Crippen LogP contribution in [0.2, 0.25) is 0 Å². The summed E-state index contributed by atoms with van der Waals surface area (Å²) in [6, 6.07) is 7.40. The van der Waals surface area contributed by atoms with Crippen molar-refractivity contribution in [1.82, 2.24) is 4.98 Å². The van der Waals surface area contributed by atoms with Gasteiger partial charge in [0, 0.05) is 6.20 Å². The Kier molecular flexibility index (Phi) is 4.74. The van der Waals surface area contributed by atoms with E-state index in [9.17, 15) is 4.79 Å². The number of carbonyl (C=O) groups excluding carboxylic acids is 1. The van der Waals surface area contributed by atoms with Crippen LogP contribution in [-0.2, 0) is 9.53 Å². The van der Waals surface area contributed by atoms with Gasteiger partial charge in [-0.2, -0.15) is 5.26 Å². The predicted octanol–water partition coefficient (Wildman–Crippen LogP) is 2.69. The highest BCUT2D eigenvalue weighted by Crippen LogP contribution is 2.32. The lowest BCUT2D eigenvalue weighted by Crippen LogP contribution is -2.07. The molecule has 0 saturated heterocycles. The molecule has 0 saturated carbocycles. The van der Waals surface area contributed by atoms with Crippen LogP contribution in [0.25, 0.3) is 10.2 Å². The number of hydrogen-bond donors (Lipinski definition) is 1. The highest BCUT2D eigenvalue weighted by atomic mass is 32.1. The molecule has 2 rings (SSSR count). The quantitative estimate of drug-likeness (QED) is 0.519. The first kappa shape index (κ1) is 14.8. The summed E-state index contributed by atoms with van der Waals surface area (Å²) in [6.07, 6.45) is 1.29. The average molecular weight is 303 g/mol. The minimum Gasteiger partial charge on any atom is -0.494 e. The first-order chi connectivity index (χ1) is 10.2. The summed E-state index contributed by atoms with van der Waals surface area (Å²) in [4.78, 5) is 15.8. The van der Waals surface area contributed by atoms with Gasteiger partial charge in [-0.15, -0.1) is 0 Å². The lowest BCUT2D eigenvalue weighted by atomic mass is 10.3. The van der Waals surface area contributed by atoms with Gasteiger partial charge in [0.25, 0.3) is 0 Å². The second kappa shape index (κ2) is 6.72. The number of thiazole rings is 1. The van der Waals surface area contributed by atoms with Crippen LogP contribution < -0.4 is 10.1 Å². The van der Waals surface area contributed by atoms with Gasteiger partial charge in [0.05, 0.1) is 18.4 Å². The number of esters is 1. The Hall–Kier alpha value is -2.59. The third-order valence-corrected chi connectivity index (χ3v) is 3.51.